The van der Waals surface area contributed by atoms with E-state index in [1.54, 1.807) is 0 Å². The molecule has 0 aliphatic rings. The Morgan fingerprint density at radius 1 is 0.667 bits per heavy atom. The Labute approximate surface area is 220 Å². The first-order valence-corrected chi connectivity index (χ1v) is 14.6. The van der Waals surface area contributed by atoms with E-state index in [1.165, 1.54) is 83.5 Å². The first-order valence-electron chi connectivity index (χ1n) is 14.6. The van der Waals surface area contributed by atoms with E-state index in [2.05, 4.69) is 12.2 Å². The monoisotopic (exact) mass is 510 g/mol. The molecular weight excluding hydrogens is 456 g/mol. The smallest absolute Gasteiger partial charge is 0.306 e. The first-order chi connectivity index (χ1) is 17.4. The van der Waals surface area contributed by atoms with Crippen LogP contribution >= 0.6 is 0 Å². The van der Waals surface area contributed by atoms with Crippen molar-refractivity contribution in [3.8, 4) is 0 Å². The highest BCUT2D eigenvalue weighted by Gasteiger charge is 2.32. The number of rotatable bonds is 27. The van der Waals surface area contributed by atoms with Gasteiger partial charge in [-0.3, -0.25) is 9.59 Å². The van der Waals surface area contributed by atoms with Crippen molar-refractivity contribution in [2.24, 2.45) is 11.8 Å². The summed E-state index contributed by atoms with van der Waals surface area (Å²) in [4.78, 5) is 32.8. The summed E-state index contributed by atoms with van der Waals surface area (Å²) in [5.74, 6) is -3.21. The number of allylic oxidation sites excluding steroid dienone is 2. The highest BCUT2D eigenvalue weighted by Crippen LogP contribution is 2.27. The molecule has 0 spiro atoms. The van der Waals surface area contributed by atoms with Gasteiger partial charge in [-0.25, -0.2) is 0 Å². The number of aldehydes is 1. The molecule has 3 unspecified atom stereocenters. The fraction of sp³-hybridized carbons (Fsp3) is 0.833. The van der Waals surface area contributed by atoms with Crippen molar-refractivity contribution in [3.63, 3.8) is 0 Å². The zero-order chi connectivity index (χ0) is 26.9. The molecule has 3 N–H and O–H groups in total. The lowest BCUT2D eigenvalue weighted by Gasteiger charge is -2.26. The van der Waals surface area contributed by atoms with Crippen LogP contribution in [0.3, 0.4) is 0 Å². The van der Waals surface area contributed by atoms with Crippen LogP contribution in [0.2, 0.25) is 0 Å². The van der Waals surface area contributed by atoms with Crippen molar-refractivity contribution in [2.75, 3.05) is 0 Å². The lowest BCUT2D eigenvalue weighted by Crippen LogP contribution is -2.34. The number of aliphatic hydroxyl groups is 1. The summed E-state index contributed by atoms with van der Waals surface area (Å²) in [7, 11) is 0. The predicted octanol–water partition coefficient (Wildman–Crippen LogP) is 7.72. The van der Waals surface area contributed by atoms with E-state index in [-0.39, 0.29) is 0 Å². The molecule has 36 heavy (non-hydrogen) atoms. The highest BCUT2D eigenvalue weighted by atomic mass is 16.4. The number of carboxylic acids is 2. The van der Waals surface area contributed by atoms with Crippen molar-refractivity contribution in [2.45, 2.75) is 148 Å². The molecule has 0 saturated heterocycles. The number of carbonyl (C=O) groups is 3. The summed E-state index contributed by atoms with van der Waals surface area (Å²) in [5.41, 5.74) is 0. The molecule has 0 aromatic heterocycles. The van der Waals surface area contributed by atoms with Crippen LogP contribution in [0, 0.1) is 11.8 Å². The van der Waals surface area contributed by atoms with Crippen LogP contribution in [0.1, 0.15) is 142 Å². The van der Waals surface area contributed by atoms with Crippen LogP contribution in [-0.2, 0) is 14.4 Å². The molecular formula is C30H54O6. The Hall–Kier alpha value is -1.69. The molecule has 0 heterocycles. The summed E-state index contributed by atoms with van der Waals surface area (Å²) in [6.45, 7) is 1.81. The molecule has 0 bridgehead atoms. The van der Waals surface area contributed by atoms with Crippen LogP contribution < -0.4 is 0 Å². The Morgan fingerprint density at radius 3 is 1.47 bits per heavy atom. The van der Waals surface area contributed by atoms with Crippen molar-refractivity contribution < 1.29 is 29.7 Å². The van der Waals surface area contributed by atoms with Crippen molar-refractivity contribution in [1.82, 2.24) is 0 Å². The maximum Gasteiger partial charge on any atom is 0.306 e. The van der Waals surface area contributed by atoms with Gasteiger partial charge in [0.05, 0.1) is 18.4 Å². The van der Waals surface area contributed by atoms with Crippen LogP contribution in [0.25, 0.3) is 0 Å². The summed E-state index contributed by atoms with van der Waals surface area (Å²) in [5, 5.41) is 28.6. The summed E-state index contributed by atoms with van der Waals surface area (Å²) >= 11 is 0. The zero-order valence-electron chi connectivity index (χ0n) is 22.9. The van der Waals surface area contributed by atoms with E-state index in [0.29, 0.717) is 19.3 Å². The molecule has 0 radical (unpaired) electrons. The van der Waals surface area contributed by atoms with Crippen LogP contribution in [0.5, 0.6) is 0 Å². The Bertz CT molecular complexity index is 574. The molecule has 0 aromatic rings. The number of carbonyl (C=O) groups excluding carboxylic acids is 1. The lowest BCUT2D eigenvalue weighted by molar-refractivity contribution is -0.149. The van der Waals surface area contributed by atoms with E-state index in [9.17, 15) is 24.6 Å². The minimum absolute atomic E-state index is 0.398. The molecule has 0 amide bonds. The molecule has 0 fully saturated rings. The molecule has 0 rings (SSSR count). The van der Waals surface area contributed by atoms with Gasteiger partial charge in [-0.2, -0.15) is 0 Å². The molecule has 210 valence electrons. The van der Waals surface area contributed by atoms with Crippen LogP contribution in [0.15, 0.2) is 12.2 Å². The Kier molecular flexibility index (Phi) is 23.8. The van der Waals surface area contributed by atoms with Crippen molar-refractivity contribution >= 4 is 18.2 Å². The summed E-state index contributed by atoms with van der Waals surface area (Å²) in [6, 6.07) is 0. The topological polar surface area (TPSA) is 112 Å². The van der Waals surface area contributed by atoms with Gasteiger partial charge in [0.1, 0.15) is 6.29 Å². The van der Waals surface area contributed by atoms with Gasteiger partial charge in [-0.05, 0) is 50.9 Å². The number of aliphatic carboxylic acids is 2. The third kappa shape index (κ3) is 20.5. The maximum absolute atomic E-state index is 11.7. The number of aliphatic hydroxyl groups excluding tert-OH is 1. The molecule has 3 atom stereocenters. The molecule has 6 heteroatoms. The lowest BCUT2D eigenvalue weighted by atomic mass is 9.81. The zero-order valence-corrected chi connectivity index (χ0v) is 22.9. The minimum atomic E-state index is -1.11. The average molecular weight is 511 g/mol. The van der Waals surface area contributed by atoms with Gasteiger partial charge in [0.25, 0.3) is 0 Å². The Morgan fingerprint density at radius 2 is 1.08 bits per heavy atom. The SMILES string of the molecule is CCC(C(O)CC(=O)O)C(CCCCCCCCCCCCC=CCCCCCCCC=O)C(=O)O. The third-order valence-electron chi connectivity index (χ3n) is 7.18. The first kappa shape index (κ1) is 34.3. The van der Waals surface area contributed by atoms with Crippen LogP contribution in [-0.4, -0.2) is 39.6 Å². The van der Waals surface area contributed by atoms with Crippen molar-refractivity contribution in [1.29, 1.82) is 0 Å². The van der Waals surface area contributed by atoms with Crippen molar-refractivity contribution in [3.05, 3.63) is 12.2 Å². The second-order valence-corrected chi connectivity index (χ2v) is 10.3. The van der Waals surface area contributed by atoms with Gasteiger partial charge >= 0.3 is 11.9 Å². The predicted molar refractivity (Wildman–Crippen MR) is 146 cm³/mol. The summed E-state index contributed by atoms with van der Waals surface area (Å²) in [6.07, 6.45) is 25.9. The van der Waals surface area contributed by atoms with Gasteiger partial charge in [0, 0.05) is 6.42 Å². The van der Waals surface area contributed by atoms with Gasteiger partial charge in [0.2, 0.25) is 0 Å². The van der Waals surface area contributed by atoms with Gasteiger partial charge in [-0.15, -0.1) is 0 Å². The second-order valence-electron chi connectivity index (χ2n) is 10.3. The third-order valence-corrected chi connectivity index (χ3v) is 7.18. The fourth-order valence-electron chi connectivity index (χ4n) is 4.97. The number of hydrogen-bond donors (Lipinski definition) is 3. The highest BCUT2D eigenvalue weighted by molar-refractivity contribution is 5.71. The molecule has 6 nitrogen and oxygen atoms in total. The maximum atomic E-state index is 11.7. The standard InChI is InChI=1S/C30H54O6/c1-2-26(28(32)25-29(33)34)27(30(35)36)23-21-19-17-15-13-11-9-7-5-3-4-6-8-10-12-14-16-18-20-22-24-31/h6,8,24,26-28,32H,2-5,7,9-23,25H2,1H3,(H,33,34)(H,35,36). The summed E-state index contributed by atoms with van der Waals surface area (Å²) < 4.78 is 0. The number of carboxylic acid groups (broad SMARTS) is 2. The van der Waals surface area contributed by atoms with Crippen LogP contribution in [0.4, 0.5) is 0 Å². The van der Waals surface area contributed by atoms with Gasteiger partial charge < -0.3 is 20.1 Å². The number of unbranched alkanes of at least 4 members (excludes halogenated alkanes) is 16. The largest absolute Gasteiger partial charge is 0.481 e. The average Bonchev–Trinajstić information content (AvgIpc) is 2.83. The minimum Gasteiger partial charge on any atom is -0.481 e. The van der Waals surface area contributed by atoms with E-state index >= 15 is 0 Å². The molecule has 0 aliphatic carbocycles. The van der Waals surface area contributed by atoms with E-state index < -0.39 is 36.3 Å². The van der Waals surface area contributed by atoms with E-state index in [4.69, 9.17) is 5.11 Å². The quantitative estimate of drug-likeness (QED) is 0.0592. The second kappa shape index (κ2) is 25.0. The van der Waals surface area contributed by atoms with E-state index in [0.717, 1.165) is 32.0 Å². The molecule has 0 saturated carbocycles. The molecule has 0 aliphatic heterocycles. The van der Waals surface area contributed by atoms with E-state index in [1.807, 2.05) is 6.92 Å². The normalized spacial score (nSPS) is 14.1. The fourth-order valence-corrected chi connectivity index (χ4v) is 4.97. The van der Waals surface area contributed by atoms with Gasteiger partial charge in [0.15, 0.2) is 0 Å². The van der Waals surface area contributed by atoms with Gasteiger partial charge in [-0.1, -0.05) is 96.1 Å². The number of hydrogen-bond acceptors (Lipinski definition) is 4. The Balaban J connectivity index is 3.61. The molecule has 0 aromatic carbocycles.